The average Bonchev–Trinajstić information content (AvgIpc) is 2.51. The number of aryl methyl sites for hydroxylation is 1. The number of benzene rings is 1. The zero-order valence-corrected chi connectivity index (χ0v) is 13.6. The summed E-state index contributed by atoms with van der Waals surface area (Å²) in [4.78, 5) is 19.7. The fourth-order valence-electron chi connectivity index (χ4n) is 2.20. The Balaban J connectivity index is 3.30. The molecule has 1 rings (SSSR count). The number of nitrogens with two attached hydrogens (primary N) is 2. The van der Waals surface area contributed by atoms with Gasteiger partial charge >= 0.3 is 0 Å². The second kappa shape index (κ2) is 7.54. The van der Waals surface area contributed by atoms with E-state index < -0.39 is 5.54 Å². The van der Waals surface area contributed by atoms with Crippen molar-refractivity contribution in [1.82, 2.24) is 0 Å². The van der Waals surface area contributed by atoms with Crippen LogP contribution in [0.15, 0.2) is 40.3 Å². The van der Waals surface area contributed by atoms with E-state index in [2.05, 4.69) is 9.98 Å². The van der Waals surface area contributed by atoms with Crippen molar-refractivity contribution in [1.29, 1.82) is 0 Å². The highest BCUT2D eigenvalue weighted by Gasteiger charge is 2.34. The van der Waals surface area contributed by atoms with E-state index in [1.54, 1.807) is 20.0 Å². The zero-order chi connectivity index (χ0) is 16.8. The first-order valence-electron chi connectivity index (χ1n) is 7.11. The number of carbonyl (C=O) groups excluding carboxylic acids is 1. The van der Waals surface area contributed by atoms with E-state index >= 15 is 0 Å². The van der Waals surface area contributed by atoms with Crippen LogP contribution in [0.2, 0.25) is 0 Å². The molecule has 0 aliphatic carbocycles. The number of aldehydes is 1. The largest absolute Gasteiger partial charge is 0.398 e. The lowest BCUT2D eigenvalue weighted by molar-refractivity contribution is -0.111. The van der Waals surface area contributed by atoms with Crippen molar-refractivity contribution < 1.29 is 4.79 Å². The highest BCUT2D eigenvalue weighted by Crippen LogP contribution is 2.24. The molecule has 2 unspecified atom stereocenters. The summed E-state index contributed by atoms with van der Waals surface area (Å²) in [7, 11) is 1.65. The SMILES string of the molecule is CN=C(/C=C(\N)c1cccc(C)c1)C(C)(N=CN)C(C)C=O. The molecule has 0 saturated heterocycles. The molecule has 0 spiro atoms. The maximum absolute atomic E-state index is 11.2. The Hall–Kier alpha value is -2.43. The summed E-state index contributed by atoms with van der Waals surface area (Å²) in [5.74, 6) is -0.382. The smallest absolute Gasteiger partial charge is 0.125 e. The quantitative estimate of drug-likeness (QED) is 0.477. The molecular formula is C17H24N4O. The van der Waals surface area contributed by atoms with Crippen molar-refractivity contribution in [3.8, 4) is 0 Å². The third kappa shape index (κ3) is 3.81. The number of aliphatic imine (C=N–C) groups is 2. The first kappa shape index (κ1) is 17.6. The van der Waals surface area contributed by atoms with Crippen LogP contribution in [0, 0.1) is 12.8 Å². The number of carbonyl (C=O) groups is 1. The van der Waals surface area contributed by atoms with E-state index in [0.29, 0.717) is 11.4 Å². The molecule has 0 saturated carbocycles. The van der Waals surface area contributed by atoms with E-state index in [4.69, 9.17) is 11.5 Å². The van der Waals surface area contributed by atoms with Gasteiger partial charge in [-0.25, -0.2) is 0 Å². The highest BCUT2D eigenvalue weighted by molar-refractivity contribution is 6.08. The van der Waals surface area contributed by atoms with Crippen molar-refractivity contribution in [3.05, 3.63) is 41.5 Å². The Morgan fingerprint density at radius 3 is 2.59 bits per heavy atom. The van der Waals surface area contributed by atoms with Gasteiger partial charge in [0.25, 0.3) is 0 Å². The molecule has 22 heavy (non-hydrogen) atoms. The van der Waals surface area contributed by atoms with Crippen molar-refractivity contribution in [3.63, 3.8) is 0 Å². The van der Waals surface area contributed by atoms with Crippen molar-refractivity contribution in [2.75, 3.05) is 7.05 Å². The van der Waals surface area contributed by atoms with Gasteiger partial charge in [0.1, 0.15) is 11.8 Å². The summed E-state index contributed by atoms with van der Waals surface area (Å²) < 4.78 is 0. The first-order valence-corrected chi connectivity index (χ1v) is 7.11. The molecule has 5 nitrogen and oxygen atoms in total. The monoisotopic (exact) mass is 300 g/mol. The van der Waals surface area contributed by atoms with Crippen LogP contribution in [0.1, 0.15) is 25.0 Å². The number of hydrogen-bond donors (Lipinski definition) is 2. The minimum atomic E-state index is -0.848. The fourth-order valence-corrected chi connectivity index (χ4v) is 2.20. The first-order chi connectivity index (χ1) is 10.4. The summed E-state index contributed by atoms with van der Waals surface area (Å²) in [6.45, 7) is 5.60. The summed E-state index contributed by atoms with van der Waals surface area (Å²) in [6, 6.07) is 7.87. The summed E-state index contributed by atoms with van der Waals surface area (Å²) >= 11 is 0. The van der Waals surface area contributed by atoms with Gasteiger partial charge in [0.2, 0.25) is 0 Å². The van der Waals surface area contributed by atoms with Gasteiger partial charge in [-0.15, -0.1) is 0 Å². The van der Waals surface area contributed by atoms with Crippen LogP contribution in [-0.4, -0.2) is 30.9 Å². The predicted octanol–water partition coefficient (Wildman–Crippen LogP) is 1.95. The molecule has 118 valence electrons. The molecule has 0 heterocycles. The summed E-state index contributed by atoms with van der Waals surface area (Å²) in [5, 5.41) is 0. The maximum atomic E-state index is 11.2. The van der Waals surface area contributed by atoms with Crippen molar-refractivity contribution in [2.24, 2.45) is 27.4 Å². The number of hydrogen-bond acceptors (Lipinski definition) is 4. The summed E-state index contributed by atoms with van der Waals surface area (Å²) in [6.07, 6.45) is 3.79. The molecule has 1 aromatic carbocycles. The maximum Gasteiger partial charge on any atom is 0.125 e. The van der Waals surface area contributed by atoms with E-state index in [0.717, 1.165) is 17.4 Å². The van der Waals surface area contributed by atoms with Gasteiger partial charge in [-0.2, -0.15) is 0 Å². The highest BCUT2D eigenvalue weighted by atomic mass is 16.1. The van der Waals surface area contributed by atoms with Gasteiger partial charge in [0, 0.05) is 18.7 Å². The standard InChI is InChI=1S/C17H24N4O/c1-12-6-5-7-14(8-12)15(19)9-16(20-4)17(3,21-11-18)13(2)10-22/h5-11,13H,19H2,1-4H3,(H2,18,21)/b15-9-,20-16?. The van der Waals surface area contributed by atoms with E-state index in [1.807, 2.05) is 38.1 Å². The van der Waals surface area contributed by atoms with Crippen LogP contribution in [0.25, 0.3) is 5.70 Å². The van der Waals surface area contributed by atoms with Gasteiger partial charge in [-0.05, 0) is 31.6 Å². The Morgan fingerprint density at radius 2 is 2.09 bits per heavy atom. The van der Waals surface area contributed by atoms with Gasteiger partial charge < -0.3 is 16.3 Å². The molecular weight excluding hydrogens is 276 g/mol. The molecule has 0 bridgehead atoms. The van der Waals surface area contributed by atoms with E-state index in [9.17, 15) is 4.79 Å². The molecule has 0 aromatic heterocycles. The average molecular weight is 300 g/mol. The lowest BCUT2D eigenvalue weighted by Gasteiger charge is -2.28. The van der Waals surface area contributed by atoms with Crippen molar-refractivity contribution >= 4 is 24.0 Å². The zero-order valence-electron chi connectivity index (χ0n) is 13.6. The lowest BCUT2D eigenvalue weighted by atomic mass is 9.83. The van der Waals surface area contributed by atoms with E-state index in [1.165, 1.54) is 6.34 Å². The molecule has 5 heteroatoms. The summed E-state index contributed by atoms with van der Waals surface area (Å²) in [5.41, 5.74) is 14.0. The molecule has 0 aliphatic heterocycles. The minimum absolute atomic E-state index is 0.382. The van der Waals surface area contributed by atoms with Crippen LogP contribution in [0.3, 0.4) is 0 Å². The Labute approximate surface area is 131 Å². The van der Waals surface area contributed by atoms with Crippen LogP contribution in [-0.2, 0) is 4.79 Å². The van der Waals surface area contributed by atoms with Gasteiger partial charge in [-0.3, -0.25) is 9.98 Å². The lowest BCUT2D eigenvalue weighted by Crippen LogP contribution is -2.41. The second-order valence-corrected chi connectivity index (χ2v) is 5.43. The molecule has 2 atom stereocenters. The fraction of sp³-hybridized carbons (Fsp3) is 0.353. The molecule has 4 N–H and O–H groups in total. The second-order valence-electron chi connectivity index (χ2n) is 5.43. The third-order valence-corrected chi connectivity index (χ3v) is 3.84. The minimum Gasteiger partial charge on any atom is -0.398 e. The van der Waals surface area contributed by atoms with E-state index in [-0.39, 0.29) is 5.92 Å². The normalized spacial score (nSPS) is 17.3. The molecule has 0 amide bonds. The van der Waals surface area contributed by atoms with Crippen LogP contribution in [0.5, 0.6) is 0 Å². The van der Waals surface area contributed by atoms with Crippen molar-refractivity contribution in [2.45, 2.75) is 26.3 Å². The van der Waals surface area contributed by atoms with Crippen LogP contribution < -0.4 is 11.5 Å². The Bertz CT molecular complexity index is 619. The molecule has 0 aliphatic rings. The molecule has 0 radical (unpaired) electrons. The topological polar surface area (TPSA) is 93.8 Å². The molecule has 0 fully saturated rings. The number of rotatable bonds is 6. The number of nitrogens with zero attached hydrogens (tertiary/aromatic N) is 2. The predicted molar refractivity (Wildman–Crippen MR) is 93.0 cm³/mol. The third-order valence-electron chi connectivity index (χ3n) is 3.84. The van der Waals surface area contributed by atoms with Gasteiger partial charge in [-0.1, -0.05) is 30.7 Å². The Morgan fingerprint density at radius 1 is 1.41 bits per heavy atom. The Kier molecular flexibility index (Phi) is 6.04. The van der Waals surface area contributed by atoms with Crippen LogP contribution >= 0.6 is 0 Å². The van der Waals surface area contributed by atoms with Gasteiger partial charge in [0.15, 0.2) is 0 Å². The van der Waals surface area contributed by atoms with Crippen LogP contribution in [0.4, 0.5) is 0 Å². The molecule has 1 aromatic rings. The van der Waals surface area contributed by atoms with Gasteiger partial charge in [0.05, 0.1) is 12.1 Å².